The van der Waals surface area contributed by atoms with Crippen molar-refractivity contribution >= 4 is 0 Å². The second kappa shape index (κ2) is 9.82. The van der Waals surface area contributed by atoms with Crippen LogP contribution >= 0.6 is 0 Å². The fourth-order valence-corrected chi connectivity index (χ4v) is 2.06. The normalized spacial score (nSPS) is 9.68. The van der Waals surface area contributed by atoms with Crippen LogP contribution in [-0.4, -0.2) is 12.1 Å². The van der Waals surface area contributed by atoms with Gasteiger partial charge in [-0.2, -0.15) is 0 Å². The lowest BCUT2D eigenvalue weighted by atomic mass is 10.1. The van der Waals surface area contributed by atoms with Crippen molar-refractivity contribution in [3.05, 3.63) is 53.2 Å². The van der Waals surface area contributed by atoms with E-state index in [1.165, 1.54) is 5.56 Å². The van der Waals surface area contributed by atoms with Crippen molar-refractivity contribution in [2.24, 2.45) is 0 Å². The monoisotopic (exact) mass is 301 g/mol. The molecule has 1 heterocycles. The minimum Gasteiger partial charge on any atom is -0.489 e. The maximum absolute atomic E-state index is 5.82. The first-order valence-electron chi connectivity index (χ1n) is 7.94. The second-order valence-electron chi connectivity index (χ2n) is 4.86. The van der Waals surface area contributed by atoms with E-state index in [4.69, 9.17) is 9.47 Å². The number of pyridine rings is 1. The van der Waals surface area contributed by atoms with Gasteiger partial charge < -0.3 is 9.47 Å². The van der Waals surface area contributed by atoms with E-state index in [0.717, 1.165) is 29.8 Å². The summed E-state index contributed by atoms with van der Waals surface area (Å²) in [5, 5.41) is 0. The van der Waals surface area contributed by atoms with Crippen LogP contribution in [0.3, 0.4) is 0 Å². The molecular formula is C19H27NO2. The van der Waals surface area contributed by atoms with E-state index in [1.807, 2.05) is 38.1 Å². The molecule has 0 saturated heterocycles. The van der Waals surface area contributed by atoms with E-state index in [1.54, 1.807) is 7.11 Å². The molecule has 0 fully saturated rings. The first kappa shape index (κ1) is 18.0. The molecule has 0 N–H and O–H groups in total. The Kier molecular flexibility index (Phi) is 8.05. The predicted molar refractivity (Wildman–Crippen MR) is 91.6 cm³/mol. The van der Waals surface area contributed by atoms with E-state index in [-0.39, 0.29) is 0 Å². The van der Waals surface area contributed by atoms with Crippen molar-refractivity contribution in [1.29, 1.82) is 0 Å². The van der Waals surface area contributed by atoms with Gasteiger partial charge in [0.05, 0.1) is 7.11 Å². The number of aryl methyl sites for hydroxylation is 2. The molecule has 0 atom stereocenters. The Balaban J connectivity index is 0.00000116. The summed E-state index contributed by atoms with van der Waals surface area (Å²) >= 11 is 0. The maximum atomic E-state index is 5.82. The Morgan fingerprint density at radius 2 is 1.86 bits per heavy atom. The van der Waals surface area contributed by atoms with Gasteiger partial charge in [-0.05, 0) is 42.7 Å². The molecule has 0 amide bonds. The smallest absolute Gasteiger partial charge is 0.213 e. The first-order valence-corrected chi connectivity index (χ1v) is 7.94. The van der Waals surface area contributed by atoms with Crippen LogP contribution in [0.1, 0.15) is 44.0 Å². The summed E-state index contributed by atoms with van der Waals surface area (Å²) < 4.78 is 11.1. The largest absolute Gasteiger partial charge is 0.489 e. The number of benzene rings is 1. The van der Waals surface area contributed by atoms with Crippen molar-refractivity contribution in [2.75, 3.05) is 7.11 Å². The highest BCUT2D eigenvalue weighted by molar-refractivity contribution is 5.29. The fourth-order valence-electron chi connectivity index (χ4n) is 2.06. The summed E-state index contributed by atoms with van der Waals surface area (Å²) in [6.45, 7) is 8.73. The molecule has 1 aromatic carbocycles. The fraction of sp³-hybridized carbons (Fsp3) is 0.421. The van der Waals surface area contributed by atoms with Crippen LogP contribution in [0, 0.1) is 6.92 Å². The van der Waals surface area contributed by atoms with Crippen LogP contribution in [-0.2, 0) is 13.0 Å². The molecule has 1 aromatic heterocycles. The SMILES string of the molecule is CC.CCCc1cc(COc2cccc(C)c2)cc(OC)n1. The molecule has 22 heavy (non-hydrogen) atoms. The van der Waals surface area contributed by atoms with E-state index in [0.29, 0.717) is 12.5 Å². The molecule has 0 aliphatic carbocycles. The Morgan fingerprint density at radius 3 is 2.50 bits per heavy atom. The standard InChI is InChI=1S/C17H21NO2.C2H6/c1-4-6-15-10-14(11-17(18-15)19-3)12-20-16-8-5-7-13(2)9-16;1-2/h5,7-11H,4,6,12H2,1-3H3;1-2H3. The van der Waals surface area contributed by atoms with Crippen molar-refractivity contribution in [1.82, 2.24) is 4.98 Å². The van der Waals surface area contributed by atoms with Crippen molar-refractivity contribution in [3.63, 3.8) is 0 Å². The molecule has 0 saturated carbocycles. The third-order valence-electron chi connectivity index (χ3n) is 3.02. The van der Waals surface area contributed by atoms with Crippen molar-refractivity contribution in [3.8, 4) is 11.6 Å². The van der Waals surface area contributed by atoms with Gasteiger partial charge in [-0.3, -0.25) is 0 Å². The average Bonchev–Trinajstić information content (AvgIpc) is 2.55. The van der Waals surface area contributed by atoms with Crippen LogP contribution in [0.2, 0.25) is 0 Å². The second-order valence-corrected chi connectivity index (χ2v) is 4.86. The lowest BCUT2D eigenvalue weighted by Gasteiger charge is -2.10. The summed E-state index contributed by atoms with van der Waals surface area (Å²) in [6, 6.07) is 12.1. The molecule has 0 radical (unpaired) electrons. The quantitative estimate of drug-likeness (QED) is 0.756. The lowest BCUT2D eigenvalue weighted by Crippen LogP contribution is -2.01. The van der Waals surface area contributed by atoms with Gasteiger partial charge in [0.15, 0.2) is 0 Å². The predicted octanol–water partition coefficient (Wildman–Crippen LogP) is 4.96. The molecule has 0 unspecified atom stereocenters. The molecule has 2 aromatic rings. The van der Waals surface area contributed by atoms with Crippen molar-refractivity contribution in [2.45, 2.75) is 47.1 Å². The minimum atomic E-state index is 0.527. The average molecular weight is 301 g/mol. The summed E-state index contributed by atoms with van der Waals surface area (Å²) in [4.78, 5) is 4.43. The van der Waals surface area contributed by atoms with E-state index < -0.39 is 0 Å². The van der Waals surface area contributed by atoms with Gasteiger partial charge in [-0.15, -0.1) is 0 Å². The molecule has 0 spiro atoms. The van der Waals surface area contributed by atoms with Gasteiger partial charge >= 0.3 is 0 Å². The van der Waals surface area contributed by atoms with Crippen LogP contribution < -0.4 is 9.47 Å². The summed E-state index contributed by atoms with van der Waals surface area (Å²) in [5.41, 5.74) is 3.33. The number of hydrogen-bond donors (Lipinski definition) is 0. The summed E-state index contributed by atoms with van der Waals surface area (Å²) in [5.74, 6) is 1.54. The van der Waals surface area contributed by atoms with Gasteiger partial charge in [0.1, 0.15) is 12.4 Å². The van der Waals surface area contributed by atoms with E-state index >= 15 is 0 Å². The van der Waals surface area contributed by atoms with Crippen molar-refractivity contribution < 1.29 is 9.47 Å². The van der Waals surface area contributed by atoms with E-state index in [9.17, 15) is 0 Å². The Bertz CT molecular complexity index is 567. The third kappa shape index (κ3) is 5.76. The molecule has 0 bridgehead atoms. The Morgan fingerprint density at radius 1 is 1.09 bits per heavy atom. The molecule has 0 aliphatic heterocycles. The highest BCUT2D eigenvalue weighted by atomic mass is 16.5. The zero-order valence-electron chi connectivity index (χ0n) is 14.3. The maximum Gasteiger partial charge on any atom is 0.213 e. The minimum absolute atomic E-state index is 0.527. The van der Waals surface area contributed by atoms with E-state index in [2.05, 4.69) is 31.0 Å². The van der Waals surface area contributed by atoms with Gasteiger partial charge in [0.25, 0.3) is 0 Å². The number of aromatic nitrogens is 1. The molecule has 120 valence electrons. The van der Waals surface area contributed by atoms with Gasteiger partial charge in [0, 0.05) is 11.8 Å². The number of hydrogen-bond acceptors (Lipinski definition) is 3. The Hall–Kier alpha value is -2.03. The van der Waals surface area contributed by atoms with Crippen LogP contribution in [0.5, 0.6) is 11.6 Å². The number of nitrogens with zero attached hydrogens (tertiary/aromatic N) is 1. The summed E-state index contributed by atoms with van der Waals surface area (Å²) in [7, 11) is 1.64. The van der Waals surface area contributed by atoms with Gasteiger partial charge in [-0.1, -0.05) is 39.3 Å². The van der Waals surface area contributed by atoms with Crippen LogP contribution in [0.4, 0.5) is 0 Å². The zero-order chi connectivity index (χ0) is 16.4. The third-order valence-corrected chi connectivity index (χ3v) is 3.02. The Labute approximate surface area is 134 Å². The molecule has 3 nitrogen and oxygen atoms in total. The molecular weight excluding hydrogens is 274 g/mol. The number of methoxy groups -OCH3 is 1. The van der Waals surface area contributed by atoms with Crippen LogP contribution in [0.15, 0.2) is 36.4 Å². The lowest BCUT2D eigenvalue weighted by molar-refractivity contribution is 0.304. The highest BCUT2D eigenvalue weighted by Gasteiger charge is 2.04. The van der Waals surface area contributed by atoms with Gasteiger partial charge in [0.2, 0.25) is 5.88 Å². The molecule has 0 aliphatic rings. The zero-order valence-corrected chi connectivity index (χ0v) is 14.3. The first-order chi connectivity index (χ1) is 10.7. The van der Waals surface area contributed by atoms with Crippen LogP contribution in [0.25, 0.3) is 0 Å². The highest BCUT2D eigenvalue weighted by Crippen LogP contribution is 2.18. The molecule has 2 rings (SSSR count). The number of rotatable bonds is 6. The molecule has 3 heteroatoms. The topological polar surface area (TPSA) is 31.4 Å². The number of ether oxygens (including phenoxy) is 2. The summed E-state index contributed by atoms with van der Waals surface area (Å²) in [6.07, 6.45) is 2.02. The van der Waals surface area contributed by atoms with Gasteiger partial charge in [-0.25, -0.2) is 4.98 Å².